The van der Waals surface area contributed by atoms with Crippen LogP contribution in [0.25, 0.3) is 11.4 Å². The zero-order valence-corrected chi connectivity index (χ0v) is 15.2. The standard InChI is InChI=1S/C19H19ClN4O2/c1-25-17-9-6-14(11-21-17)18-22-19(26-23-18)16-3-2-10-24(16)12-13-4-7-15(20)8-5-13/h4-9,11,16H,2-3,10,12H2,1H3/t16-/m0/s1. The number of hydrogen-bond acceptors (Lipinski definition) is 6. The first kappa shape index (κ1) is 17.0. The van der Waals surface area contributed by atoms with Crippen LogP contribution in [-0.2, 0) is 6.54 Å². The molecule has 1 aliphatic heterocycles. The van der Waals surface area contributed by atoms with Gasteiger partial charge in [-0.3, -0.25) is 4.90 Å². The Bertz CT molecular complexity index is 864. The van der Waals surface area contributed by atoms with E-state index in [0.29, 0.717) is 17.6 Å². The number of benzene rings is 1. The molecule has 0 unspecified atom stereocenters. The van der Waals surface area contributed by atoms with E-state index in [4.69, 9.17) is 20.9 Å². The van der Waals surface area contributed by atoms with Crippen molar-refractivity contribution in [2.75, 3.05) is 13.7 Å². The van der Waals surface area contributed by atoms with Crippen molar-refractivity contribution >= 4 is 11.6 Å². The van der Waals surface area contributed by atoms with Crippen LogP contribution < -0.4 is 4.74 Å². The Labute approximate surface area is 156 Å². The lowest BCUT2D eigenvalue weighted by molar-refractivity contribution is 0.201. The van der Waals surface area contributed by atoms with Crippen LogP contribution in [0.4, 0.5) is 0 Å². The smallest absolute Gasteiger partial charge is 0.244 e. The maximum atomic E-state index is 5.97. The van der Waals surface area contributed by atoms with Gasteiger partial charge in [0.05, 0.1) is 13.2 Å². The van der Waals surface area contributed by atoms with Gasteiger partial charge in [0.2, 0.25) is 17.6 Å². The minimum atomic E-state index is 0.137. The molecule has 3 aromatic rings. The number of ether oxygens (including phenoxy) is 1. The normalized spacial score (nSPS) is 17.5. The van der Waals surface area contributed by atoms with Crippen LogP contribution in [0.15, 0.2) is 47.1 Å². The first-order valence-corrected chi connectivity index (χ1v) is 8.93. The van der Waals surface area contributed by atoms with Gasteiger partial charge in [0.1, 0.15) is 0 Å². The number of likely N-dealkylation sites (tertiary alicyclic amines) is 1. The van der Waals surface area contributed by atoms with Crippen LogP contribution in [0, 0.1) is 0 Å². The lowest BCUT2D eigenvalue weighted by Crippen LogP contribution is -2.23. The van der Waals surface area contributed by atoms with E-state index < -0.39 is 0 Å². The molecule has 4 rings (SSSR count). The first-order valence-electron chi connectivity index (χ1n) is 8.55. The Kier molecular flexibility index (Phi) is 4.86. The van der Waals surface area contributed by atoms with E-state index >= 15 is 0 Å². The van der Waals surface area contributed by atoms with Crippen LogP contribution in [-0.4, -0.2) is 33.7 Å². The fourth-order valence-electron chi connectivity index (χ4n) is 3.24. The van der Waals surface area contributed by atoms with Gasteiger partial charge >= 0.3 is 0 Å². The molecule has 0 amide bonds. The molecule has 0 saturated carbocycles. The first-order chi connectivity index (χ1) is 12.7. The third-order valence-corrected chi connectivity index (χ3v) is 4.85. The number of hydrogen-bond donors (Lipinski definition) is 0. The van der Waals surface area contributed by atoms with Gasteiger partial charge < -0.3 is 9.26 Å². The largest absolute Gasteiger partial charge is 0.481 e. The quantitative estimate of drug-likeness (QED) is 0.672. The summed E-state index contributed by atoms with van der Waals surface area (Å²) in [7, 11) is 1.59. The number of aromatic nitrogens is 3. The van der Waals surface area contributed by atoms with Gasteiger partial charge in [-0.25, -0.2) is 4.98 Å². The number of halogens is 1. The van der Waals surface area contributed by atoms with Gasteiger partial charge in [-0.15, -0.1) is 0 Å². The summed E-state index contributed by atoms with van der Waals surface area (Å²) in [5, 5.41) is 4.88. The summed E-state index contributed by atoms with van der Waals surface area (Å²) in [4.78, 5) is 11.2. The fourth-order valence-corrected chi connectivity index (χ4v) is 3.37. The van der Waals surface area contributed by atoms with Gasteiger partial charge in [-0.1, -0.05) is 28.9 Å². The molecule has 0 bridgehead atoms. The topological polar surface area (TPSA) is 64.3 Å². The van der Waals surface area contributed by atoms with E-state index in [9.17, 15) is 0 Å². The Morgan fingerprint density at radius 3 is 2.81 bits per heavy atom. The van der Waals surface area contributed by atoms with E-state index in [1.54, 1.807) is 19.4 Å². The SMILES string of the molecule is COc1ccc(-c2noc([C@@H]3CCCN3Cc3ccc(Cl)cc3)n2)cn1. The van der Waals surface area contributed by atoms with E-state index in [0.717, 1.165) is 36.5 Å². The summed E-state index contributed by atoms with van der Waals surface area (Å²) < 4.78 is 10.6. The van der Waals surface area contributed by atoms with Crippen molar-refractivity contribution < 1.29 is 9.26 Å². The van der Waals surface area contributed by atoms with Crippen molar-refractivity contribution in [2.45, 2.75) is 25.4 Å². The third kappa shape index (κ3) is 3.57. The van der Waals surface area contributed by atoms with Gasteiger partial charge in [-0.2, -0.15) is 4.98 Å². The van der Waals surface area contributed by atoms with Gasteiger partial charge in [0, 0.05) is 29.4 Å². The van der Waals surface area contributed by atoms with E-state index in [1.807, 2.05) is 18.2 Å². The van der Waals surface area contributed by atoms with Crippen LogP contribution in [0.2, 0.25) is 5.02 Å². The molecule has 1 aliphatic rings. The second-order valence-corrected chi connectivity index (χ2v) is 6.74. The van der Waals surface area contributed by atoms with Crippen molar-refractivity contribution in [2.24, 2.45) is 0 Å². The van der Waals surface area contributed by atoms with Crippen molar-refractivity contribution in [3.05, 3.63) is 59.1 Å². The molecule has 6 nitrogen and oxygen atoms in total. The molecule has 0 spiro atoms. The average molecular weight is 371 g/mol. The van der Waals surface area contributed by atoms with Gasteiger partial charge in [0.15, 0.2) is 0 Å². The molecule has 1 aromatic carbocycles. The Balaban J connectivity index is 1.51. The number of nitrogens with zero attached hydrogens (tertiary/aromatic N) is 4. The van der Waals surface area contributed by atoms with Gasteiger partial charge in [-0.05, 0) is 43.1 Å². The fraction of sp³-hybridized carbons (Fsp3) is 0.316. The molecule has 1 atom stereocenters. The molecular weight excluding hydrogens is 352 g/mol. The highest BCUT2D eigenvalue weighted by Crippen LogP contribution is 2.33. The second kappa shape index (κ2) is 7.43. The summed E-state index contributed by atoms with van der Waals surface area (Å²) in [5.41, 5.74) is 2.03. The van der Waals surface area contributed by atoms with Crippen molar-refractivity contribution in [3.8, 4) is 17.3 Å². The molecule has 2 aromatic heterocycles. The van der Waals surface area contributed by atoms with Crippen LogP contribution in [0.1, 0.15) is 30.3 Å². The Morgan fingerprint density at radius 1 is 1.23 bits per heavy atom. The lowest BCUT2D eigenvalue weighted by atomic mass is 10.2. The lowest BCUT2D eigenvalue weighted by Gasteiger charge is -2.21. The van der Waals surface area contributed by atoms with E-state index in [-0.39, 0.29) is 6.04 Å². The van der Waals surface area contributed by atoms with E-state index in [1.165, 1.54) is 5.56 Å². The van der Waals surface area contributed by atoms with E-state index in [2.05, 4.69) is 32.2 Å². The molecule has 1 saturated heterocycles. The number of methoxy groups -OCH3 is 1. The number of rotatable bonds is 5. The summed E-state index contributed by atoms with van der Waals surface area (Å²) in [5.74, 6) is 1.76. The van der Waals surface area contributed by atoms with Crippen LogP contribution in [0.3, 0.4) is 0 Å². The summed E-state index contributed by atoms with van der Waals surface area (Å²) in [6, 6.07) is 11.7. The van der Waals surface area contributed by atoms with Crippen molar-refractivity contribution in [1.82, 2.24) is 20.0 Å². The molecule has 0 N–H and O–H groups in total. The highest BCUT2D eigenvalue weighted by Gasteiger charge is 2.30. The molecule has 0 aliphatic carbocycles. The number of pyridine rings is 1. The maximum Gasteiger partial charge on any atom is 0.244 e. The monoisotopic (exact) mass is 370 g/mol. The molecule has 1 fully saturated rings. The molecule has 3 heterocycles. The Morgan fingerprint density at radius 2 is 2.08 bits per heavy atom. The Hall–Kier alpha value is -2.44. The molecule has 0 radical (unpaired) electrons. The summed E-state index contributed by atoms with van der Waals surface area (Å²) in [6.07, 6.45) is 3.81. The highest BCUT2D eigenvalue weighted by atomic mass is 35.5. The second-order valence-electron chi connectivity index (χ2n) is 6.30. The van der Waals surface area contributed by atoms with Crippen molar-refractivity contribution in [1.29, 1.82) is 0 Å². The van der Waals surface area contributed by atoms with Crippen LogP contribution in [0.5, 0.6) is 5.88 Å². The maximum absolute atomic E-state index is 5.97. The molecule has 134 valence electrons. The predicted molar refractivity (Wildman–Crippen MR) is 97.9 cm³/mol. The summed E-state index contributed by atoms with van der Waals surface area (Å²) in [6.45, 7) is 1.85. The molecule has 26 heavy (non-hydrogen) atoms. The highest BCUT2D eigenvalue weighted by molar-refractivity contribution is 6.30. The average Bonchev–Trinajstić information content (AvgIpc) is 3.33. The van der Waals surface area contributed by atoms with Crippen molar-refractivity contribution in [3.63, 3.8) is 0 Å². The summed E-state index contributed by atoms with van der Waals surface area (Å²) >= 11 is 5.97. The zero-order chi connectivity index (χ0) is 17.9. The molecule has 7 heteroatoms. The minimum Gasteiger partial charge on any atom is -0.481 e. The zero-order valence-electron chi connectivity index (χ0n) is 14.4. The minimum absolute atomic E-state index is 0.137. The van der Waals surface area contributed by atoms with Gasteiger partial charge in [0.25, 0.3) is 0 Å². The predicted octanol–water partition coefficient (Wildman–Crippen LogP) is 4.13. The molecular formula is C19H19ClN4O2. The van der Waals surface area contributed by atoms with Crippen LogP contribution >= 0.6 is 11.6 Å². The third-order valence-electron chi connectivity index (χ3n) is 4.59.